The molecular weight excluding hydrogens is 342 g/mol. The number of nitriles is 1. The zero-order valence-electron chi connectivity index (χ0n) is 10.8. The van der Waals surface area contributed by atoms with Crippen LogP contribution in [0.5, 0.6) is 0 Å². The number of hydrogen-bond acceptors (Lipinski definition) is 4. The fourth-order valence-electron chi connectivity index (χ4n) is 2.18. The quantitative estimate of drug-likeness (QED) is 0.742. The number of amides is 2. The van der Waals surface area contributed by atoms with E-state index in [0.29, 0.717) is 4.47 Å². The molecule has 110 valence electrons. The molecule has 21 heavy (non-hydrogen) atoms. The van der Waals surface area contributed by atoms with Crippen molar-refractivity contribution in [3.8, 4) is 6.07 Å². The number of anilines is 1. The largest absolute Gasteiger partial charge is 0.480 e. The Hall–Kier alpha value is -2.11. The number of β-amino-alcohol motifs (C(OH)–C–C–N with tert-alkyl or cyclic N) is 1. The van der Waals surface area contributed by atoms with Crippen LogP contribution in [-0.2, 0) is 4.79 Å². The molecule has 0 spiro atoms. The summed E-state index contributed by atoms with van der Waals surface area (Å²) in [5, 5.41) is 30.1. The molecule has 0 aromatic heterocycles. The van der Waals surface area contributed by atoms with E-state index in [1.54, 1.807) is 12.1 Å². The molecule has 1 aromatic rings. The molecule has 1 aliphatic rings. The van der Waals surface area contributed by atoms with Gasteiger partial charge in [0.2, 0.25) is 0 Å². The maximum absolute atomic E-state index is 12.2. The standard InChI is InChI=1S/C13H12BrN3O4/c14-8-2-1-7(5-15)10(3-8)16-13(21)17-6-9(18)4-11(17)12(19)20/h1-3,9,11,18H,4,6H2,(H,16,21)(H,19,20)/t9-,11-/m0/s1. The number of rotatable bonds is 2. The second-order valence-corrected chi connectivity index (χ2v) is 5.54. The number of benzene rings is 1. The maximum Gasteiger partial charge on any atom is 0.326 e. The third kappa shape index (κ3) is 3.32. The highest BCUT2D eigenvalue weighted by Crippen LogP contribution is 2.23. The lowest BCUT2D eigenvalue weighted by Gasteiger charge is -2.21. The average molecular weight is 354 g/mol. The Morgan fingerprint density at radius 1 is 1.48 bits per heavy atom. The van der Waals surface area contributed by atoms with Gasteiger partial charge in [0, 0.05) is 17.4 Å². The van der Waals surface area contributed by atoms with Gasteiger partial charge in [-0.1, -0.05) is 15.9 Å². The smallest absolute Gasteiger partial charge is 0.326 e. The number of likely N-dealkylation sites (tertiary alicyclic amines) is 1. The summed E-state index contributed by atoms with van der Waals surface area (Å²) in [6, 6.07) is 4.96. The minimum atomic E-state index is -1.17. The number of carbonyl (C=O) groups is 2. The Labute approximate surface area is 128 Å². The molecule has 2 rings (SSSR count). The van der Waals surface area contributed by atoms with E-state index < -0.39 is 24.1 Å². The number of nitrogens with one attached hydrogen (secondary N) is 1. The number of carboxylic acids is 1. The fraction of sp³-hybridized carbons (Fsp3) is 0.308. The number of carboxylic acid groups (broad SMARTS) is 1. The number of halogens is 1. The van der Waals surface area contributed by atoms with Crippen molar-refractivity contribution in [1.29, 1.82) is 5.26 Å². The molecule has 0 radical (unpaired) electrons. The molecule has 7 nitrogen and oxygen atoms in total. The van der Waals surface area contributed by atoms with Crippen LogP contribution in [0.1, 0.15) is 12.0 Å². The first-order chi connectivity index (χ1) is 9.92. The minimum absolute atomic E-state index is 0.00759. The van der Waals surface area contributed by atoms with Crippen LogP contribution in [-0.4, -0.2) is 45.8 Å². The highest BCUT2D eigenvalue weighted by Gasteiger charge is 2.39. The van der Waals surface area contributed by atoms with Gasteiger partial charge in [-0.25, -0.2) is 9.59 Å². The summed E-state index contributed by atoms with van der Waals surface area (Å²) in [6.45, 7) is -0.0569. The highest BCUT2D eigenvalue weighted by atomic mass is 79.9. The van der Waals surface area contributed by atoms with Crippen molar-refractivity contribution in [2.75, 3.05) is 11.9 Å². The monoisotopic (exact) mass is 353 g/mol. The van der Waals surface area contributed by atoms with E-state index in [1.165, 1.54) is 6.07 Å². The summed E-state index contributed by atoms with van der Waals surface area (Å²) in [5.41, 5.74) is 0.542. The van der Waals surface area contributed by atoms with Crippen LogP contribution < -0.4 is 5.32 Å². The second kappa shape index (κ2) is 6.11. The second-order valence-electron chi connectivity index (χ2n) is 4.63. The van der Waals surface area contributed by atoms with Gasteiger partial charge in [0.05, 0.1) is 17.4 Å². The van der Waals surface area contributed by atoms with Crippen molar-refractivity contribution in [2.24, 2.45) is 0 Å². The normalized spacial score (nSPS) is 20.9. The first-order valence-electron chi connectivity index (χ1n) is 6.10. The van der Waals surface area contributed by atoms with Gasteiger partial charge < -0.3 is 20.4 Å². The first kappa shape index (κ1) is 15.3. The zero-order valence-corrected chi connectivity index (χ0v) is 12.4. The lowest BCUT2D eigenvalue weighted by atomic mass is 10.2. The Morgan fingerprint density at radius 3 is 2.81 bits per heavy atom. The molecule has 3 N–H and O–H groups in total. The third-order valence-corrected chi connectivity index (χ3v) is 3.66. The van der Waals surface area contributed by atoms with Gasteiger partial charge in [0.15, 0.2) is 0 Å². The van der Waals surface area contributed by atoms with Crippen molar-refractivity contribution in [1.82, 2.24) is 4.90 Å². The van der Waals surface area contributed by atoms with E-state index in [4.69, 9.17) is 10.4 Å². The number of aliphatic hydroxyl groups excluding tert-OH is 1. The van der Waals surface area contributed by atoms with Crippen LogP contribution in [0.4, 0.5) is 10.5 Å². The van der Waals surface area contributed by atoms with Crippen LogP contribution in [0.3, 0.4) is 0 Å². The molecule has 0 unspecified atom stereocenters. The number of nitrogens with zero attached hydrogens (tertiary/aromatic N) is 2. The third-order valence-electron chi connectivity index (χ3n) is 3.17. The van der Waals surface area contributed by atoms with Gasteiger partial charge in [-0.2, -0.15) is 5.26 Å². The van der Waals surface area contributed by atoms with Crippen LogP contribution in [0, 0.1) is 11.3 Å². The molecule has 1 fully saturated rings. The summed E-state index contributed by atoms with van der Waals surface area (Å²) < 4.78 is 0.674. The molecule has 8 heteroatoms. The Kier molecular flexibility index (Phi) is 4.45. The molecule has 0 bridgehead atoms. The number of urea groups is 1. The van der Waals surface area contributed by atoms with Crippen molar-refractivity contribution in [3.05, 3.63) is 28.2 Å². The molecule has 1 heterocycles. The van der Waals surface area contributed by atoms with Gasteiger partial charge in [-0.15, -0.1) is 0 Å². The summed E-state index contributed by atoms with van der Waals surface area (Å²) in [5.74, 6) is -1.17. The molecule has 2 atom stereocenters. The molecule has 1 saturated heterocycles. The highest BCUT2D eigenvalue weighted by molar-refractivity contribution is 9.10. The van der Waals surface area contributed by atoms with Gasteiger partial charge in [0.1, 0.15) is 12.1 Å². The van der Waals surface area contributed by atoms with Crippen LogP contribution in [0.15, 0.2) is 22.7 Å². The van der Waals surface area contributed by atoms with Crippen molar-refractivity contribution < 1.29 is 19.8 Å². The van der Waals surface area contributed by atoms with E-state index in [0.717, 1.165) is 4.90 Å². The van der Waals surface area contributed by atoms with Crippen molar-refractivity contribution >= 4 is 33.6 Å². The van der Waals surface area contributed by atoms with E-state index in [1.807, 2.05) is 6.07 Å². The molecule has 2 amide bonds. The van der Waals surface area contributed by atoms with Gasteiger partial charge in [0.25, 0.3) is 0 Å². The lowest BCUT2D eigenvalue weighted by molar-refractivity contribution is -0.141. The SMILES string of the molecule is N#Cc1ccc(Br)cc1NC(=O)N1C[C@@H](O)C[C@H]1C(=O)O. The Balaban J connectivity index is 2.20. The Bertz CT molecular complexity index is 628. The predicted octanol–water partition coefficient (Wildman–Crippen LogP) is 1.37. The molecule has 0 saturated carbocycles. The van der Waals surface area contributed by atoms with Gasteiger partial charge >= 0.3 is 12.0 Å². The number of aliphatic carboxylic acids is 1. The van der Waals surface area contributed by atoms with E-state index in [2.05, 4.69) is 21.2 Å². The van der Waals surface area contributed by atoms with E-state index in [-0.39, 0.29) is 24.2 Å². The number of carbonyl (C=O) groups excluding carboxylic acids is 1. The summed E-state index contributed by atoms with van der Waals surface area (Å²) in [6.07, 6.45) is -0.874. The summed E-state index contributed by atoms with van der Waals surface area (Å²) >= 11 is 3.24. The summed E-state index contributed by atoms with van der Waals surface area (Å²) in [4.78, 5) is 24.3. The summed E-state index contributed by atoms with van der Waals surface area (Å²) in [7, 11) is 0. The van der Waals surface area contributed by atoms with Crippen molar-refractivity contribution in [3.63, 3.8) is 0 Å². The zero-order chi connectivity index (χ0) is 15.6. The number of aliphatic hydroxyl groups is 1. The fourth-order valence-corrected chi connectivity index (χ4v) is 2.54. The maximum atomic E-state index is 12.2. The molecule has 1 aliphatic heterocycles. The van der Waals surface area contributed by atoms with Crippen LogP contribution >= 0.6 is 15.9 Å². The predicted molar refractivity (Wildman–Crippen MR) is 76.6 cm³/mol. The van der Waals surface area contributed by atoms with Crippen LogP contribution in [0.25, 0.3) is 0 Å². The Morgan fingerprint density at radius 2 is 2.19 bits per heavy atom. The first-order valence-corrected chi connectivity index (χ1v) is 6.90. The minimum Gasteiger partial charge on any atom is -0.480 e. The number of hydrogen-bond donors (Lipinski definition) is 3. The lowest BCUT2D eigenvalue weighted by Crippen LogP contribution is -2.43. The van der Waals surface area contributed by atoms with Crippen LogP contribution in [0.2, 0.25) is 0 Å². The average Bonchev–Trinajstić information content (AvgIpc) is 2.81. The van der Waals surface area contributed by atoms with Gasteiger partial charge in [-0.3, -0.25) is 0 Å². The molecule has 1 aromatic carbocycles. The van der Waals surface area contributed by atoms with Crippen molar-refractivity contribution in [2.45, 2.75) is 18.6 Å². The topological polar surface area (TPSA) is 114 Å². The molecular formula is C13H12BrN3O4. The van der Waals surface area contributed by atoms with E-state index >= 15 is 0 Å². The van der Waals surface area contributed by atoms with E-state index in [9.17, 15) is 14.7 Å². The van der Waals surface area contributed by atoms with Gasteiger partial charge in [-0.05, 0) is 18.2 Å². The molecule has 0 aliphatic carbocycles.